The lowest BCUT2D eigenvalue weighted by atomic mass is 10.4. The molecule has 0 amide bonds. The minimum absolute atomic E-state index is 0.345. The Morgan fingerprint density at radius 3 is 3.17 bits per heavy atom. The van der Waals surface area contributed by atoms with Crippen molar-refractivity contribution >= 4 is 5.82 Å². The Labute approximate surface area is 68.7 Å². The van der Waals surface area contributed by atoms with Crippen molar-refractivity contribution in [2.75, 3.05) is 11.9 Å². The normalized spacial score (nSPS) is 12.5. The van der Waals surface area contributed by atoms with E-state index in [1.165, 1.54) is 6.20 Å². The molecule has 0 fully saturated rings. The van der Waals surface area contributed by atoms with E-state index in [0.717, 1.165) is 0 Å². The summed E-state index contributed by atoms with van der Waals surface area (Å²) in [7, 11) is 0. The summed E-state index contributed by atoms with van der Waals surface area (Å²) in [6.07, 6.45) is 0.898. The molecule has 1 aromatic heterocycles. The first-order valence-corrected chi connectivity index (χ1v) is 3.52. The van der Waals surface area contributed by atoms with Crippen LogP contribution in [0, 0.1) is 0 Å². The molecular weight excluding hydrogens is 160 g/mol. The van der Waals surface area contributed by atoms with Crippen molar-refractivity contribution in [2.24, 2.45) is 0 Å². The van der Waals surface area contributed by atoms with Crippen LogP contribution in [0.5, 0.6) is 0 Å². The maximum absolute atomic E-state index is 10.6. The third kappa shape index (κ3) is 2.67. The predicted molar refractivity (Wildman–Crippen MR) is 42.8 cm³/mol. The number of anilines is 1. The van der Waals surface area contributed by atoms with E-state index in [1.807, 2.05) is 0 Å². The first-order chi connectivity index (χ1) is 5.68. The summed E-state index contributed by atoms with van der Waals surface area (Å²) in [4.78, 5) is 14.2. The first kappa shape index (κ1) is 8.66. The molecule has 0 bridgehead atoms. The smallest absolute Gasteiger partial charge is 0.363 e. The summed E-state index contributed by atoms with van der Waals surface area (Å²) in [5.41, 5.74) is -0.509. The van der Waals surface area contributed by atoms with Crippen LogP contribution in [0.4, 0.5) is 5.82 Å². The average Bonchev–Trinajstić information content (AvgIpc) is 2.01. The molecule has 0 saturated carbocycles. The topological polar surface area (TPSA) is 90.9 Å². The number of rotatable bonds is 3. The predicted octanol–water partition coefficient (Wildman–Crippen LogP) is -1.04. The number of nitrogens with zero attached hydrogens (tertiary/aromatic N) is 2. The number of hydrogen-bond acceptors (Lipinski definition) is 5. The van der Waals surface area contributed by atoms with Crippen LogP contribution in [0.25, 0.3) is 0 Å². The fourth-order valence-electron chi connectivity index (χ4n) is 0.649. The highest BCUT2D eigenvalue weighted by atomic mass is 16.3. The van der Waals surface area contributed by atoms with Crippen molar-refractivity contribution in [3.8, 4) is 0 Å². The monoisotopic (exact) mass is 170 g/mol. The third-order valence-corrected chi connectivity index (χ3v) is 1.15. The highest BCUT2D eigenvalue weighted by molar-refractivity contribution is 5.28. The van der Waals surface area contributed by atoms with Crippen LogP contribution in [0.1, 0.15) is 6.92 Å². The molecule has 0 radical (unpaired) electrons. The Balaban J connectivity index is 2.58. The second-order valence-corrected chi connectivity index (χ2v) is 2.40. The number of aromatic amines is 1. The zero-order chi connectivity index (χ0) is 8.97. The first-order valence-electron chi connectivity index (χ1n) is 3.52. The number of aromatic nitrogens is 3. The maximum Gasteiger partial charge on any atom is 0.363 e. The van der Waals surface area contributed by atoms with Crippen molar-refractivity contribution < 1.29 is 5.11 Å². The number of hydrogen-bond donors (Lipinski definition) is 3. The van der Waals surface area contributed by atoms with Gasteiger partial charge in [-0.1, -0.05) is 0 Å². The van der Waals surface area contributed by atoms with Crippen molar-refractivity contribution in [2.45, 2.75) is 13.0 Å². The average molecular weight is 170 g/mol. The molecular formula is C6H10N4O2. The molecule has 1 heterocycles. The second-order valence-electron chi connectivity index (χ2n) is 2.40. The van der Waals surface area contributed by atoms with E-state index in [0.29, 0.717) is 12.4 Å². The maximum atomic E-state index is 10.6. The Kier molecular flexibility index (Phi) is 2.76. The molecule has 0 aromatic carbocycles. The lowest BCUT2D eigenvalue weighted by molar-refractivity contribution is 0.208. The van der Waals surface area contributed by atoms with Gasteiger partial charge in [0.15, 0.2) is 5.82 Å². The van der Waals surface area contributed by atoms with E-state index in [-0.39, 0.29) is 0 Å². The molecule has 1 atom stereocenters. The van der Waals surface area contributed by atoms with Gasteiger partial charge in [-0.2, -0.15) is 10.1 Å². The van der Waals surface area contributed by atoms with Crippen molar-refractivity contribution in [1.29, 1.82) is 0 Å². The van der Waals surface area contributed by atoms with E-state index in [2.05, 4.69) is 20.5 Å². The van der Waals surface area contributed by atoms with Crippen molar-refractivity contribution in [3.05, 3.63) is 16.7 Å². The minimum Gasteiger partial charge on any atom is -0.392 e. The standard InChI is InChI=1S/C6H10N4O2/c1-4(11)2-7-5-3-8-10-6(12)9-5/h3-4,11H,2H2,1H3,(H2,7,9,10,12). The van der Waals surface area contributed by atoms with Crippen LogP contribution in [0.3, 0.4) is 0 Å². The van der Waals surface area contributed by atoms with Crippen LogP contribution < -0.4 is 11.0 Å². The van der Waals surface area contributed by atoms with Gasteiger partial charge in [-0.3, -0.25) is 0 Å². The number of H-pyrrole nitrogens is 1. The van der Waals surface area contributed by atoms with Crippen molar-refractivity contribution in [3.63, 3.8) is 0 Å². The second kappa shape index (κ2) is 3.82. The number of aliphatic hydroxyl groups is 1. The summed E-state index contributed by atoms with van der Waals surface area (Å²) in [5.74, 6) is 0.361. The quantitative estimate of drug-likeness (QED) is 0.539. The fraction of sp³-hybridized carbons (Fsp3) is 0.500. The lowest BCUT2D eigenvalue weighted by Crippen LogP contribution is -2.20. The van der Waals surface area contributed by atoms with Gasteiger partial charge in [0.1, 0.15) is 0 Å². The summed E-state index contributed by atoms with van der Waals surface area (Å²) in [5, 5.41) is 17.3. The molecule has 1 unspecified atom stereocenters. The zero-order valence-corrected chi connectivity index (χ0v) is 6.61. The van der Waals surface area contributed by atoms with Crippen LogP contribution in [-0.2, 0) is 0 Å². The third-order valence-electron chi connectivity index (χ3n) is 1.15. The van der Waals surface area contributed by atoms with Crippen LogP contribution in [0.2, 0.25) is 0 Å². The summed E-state index contributed by atoms with van der Waals surface area (Å²) in [6, 6.07) is 0. The molecule has 6 heteroatoms. The van der Waals surface area contributed by atoms with Crippen molar-refractivity contribution in [1.82, 2.24) is 15.2 Å². The highest BCUT2D eigenvalue weighted by Crippen LogP contribution is 1.93. The van der Waals surface area contributed by atoms with Gasteiger partial charge in [0.05, 0.1) is 12.3 Å². The largest absolute Gasteiger partial charge is 0.392 e. The molecule has 0 aliphatic carbocycles. The van der Waals surface area contributed by atoms with E-state index >= 15 is 0 Å². The van der Waals surface area contributed by atoms with Gasteiger partial charge < -0.3 is 10.4 Å². The minimum atomic E-state index is -0.509. The van der Waals surface area contributed by atoms with Gasteiger partial charge in [0, 0.05) is 6.54 Å². The van der Waals surface area contributed by atoms with E-state index in [9.17, 15) is 4.79 Å². The molecule has 0 aliphatic rings. The van der Waals surface area contributed by atoms with E-state index in [4.69, 9.17) is 5.11 Å². The Bertz CT molecular complexity index is 296. The van der Waals surface area contributed by atoms with Crippen LogP contribution >= 0.6 is 0 Å². The zero-order valence-electron chi connectivity index (χ0n) is 6.61. The number of aliphatic hydroxyl groups excluding tert-OH is 1. The van der Waals surface area contributed by atoms with Gasteiger partial charge >= 0.3 is 5.69 Å². The number of nitrogens with one attached hydrogen (secondary N) is 2. The SMILES string of the molecule is CC(O)CNc1cn[nH]c(=O)n1. The molecule has 0 saturated heterocycles. The molecule has 0 spiro atoms. The summed E-state index contributed by atoms with van der Waals surface area (Å²) < 4.78 is 0. The summed E-state index contributed by atoms with van der Waals surface area (Å²) in [6.45, 7) is 1.98. The van der Waals surface area contributed by atoms with Gasteiger partial charge in [0.2, 0.25) is 0 Å². The van der Waals surface area contributed by atoms with Crippen LogP contribution in [0.15, 0.2) is 11.0 Å². The lowest BCUT2D eigenvalue weighted by Gasteiger charge is -2.05. The fourth-order valence-corrected chi connectivity index (χ4v) is 0.649. The molecule has 6 nitrogen and oxygen atoms in total. The van der Waals surface area contributed by atoms with Gasteiger partial charge in [0.25, 0.3) is 0 Å². The van der Waals surface area contributed by atoms with Gasteiger partial charge in [-0.15, -0.1) is 0 Å². The molecule has 1 rings (SSSR count). The Hall–Kier alpha value is -1.43. The Morgan fingerprint density at radius 2 is 2.58 bits per heavy atom. The molecule has 0 aliphatic heterocycles. The van der Waals surface area contributed by atoms with E-state index < -0.39 is 11.8 Å². The molecule has 66 valence electrons. The molecule has 1 aromatic rings. The molecule has 3 N–H and O–H groups in total. The van der Waals surface area contributed by atoms with Gasteiger partial charge in [-0.25, -0.2) is 9.89 Å². The summed E-state index contributed by atoms with van der Waals surface area (Å²) >= 11 is 0. The highest BCUT2D eigenvalue weighted by Gasteiger charge is 1.97. The van der Waals surface area contributed by atoms with Crippen LogP contribution in [-0.4, -0.2) is 32.9 Å². The Morgan fingerprint density at radius 1 is 1.83 bits per heavy atom. The molecule has 12 heavy (non-hydrogen) atoms. The van der Waals surface area contributed by atoms with E-state index in [1.54, 1.807) is 6.92 Å². The van der Waals surface area contributed by atoms with Gasteiger partial charge in [-0.05, 0) is 6.92 Å².